The van der Waals surface area contributed by atoms with E-state index in [1.165, 1.54) is 5.56 Å². The van der Waals surface area contributed by atoms with Gasteiger partial charge in [0.2, 0.25) is 4.96 Å². The van der Waals surface area contributed by atoms with E-state index < -0.39 is 0 Å². The molecule has 3 aromatic rings. The number of fused-ring (bicyclic) bond motifs is 1. The van der Waals surface area contributed by atoms with E-state index in [9.17, 15) is 0 Å². The van der Waals surface area contributed by atoms with Crippen LogP contribution in [0.2, 0.25) is 0 Å². The zero-order valence-corrected chi connectivity index (χ0v) is 11.4. The summed E-state index contributed by atoms with van der Waals surface area (Å²) in [6.45, 7) is 6.30. The van der Waals surface area contributed by atoms with E-state index in [4.69, 9.17) is 0 Å². The Morgan fingerprint density at radius 3 is 2.44 bits per heavy atom. The molecule has 0 unspecified atom stereocenters. The highest BCUT2D eigenvalue weighted by molar-refractivity contribution is 7.19. The second kappa shape index (κ2) is 4.17. The third-order valence-corrected chi connectivity index (χ3v) is 3.92. The van der Waals surface area contributed by atoms with Crippen LogP contribution in [0, 0.1) is 6.92 Å². The van der Waals surface area contributed by atoms with Crippen molar-refractivity contribution < 1.29 is 0 Å². The molecule has 0 N–H and O–H groups in total. The highest BCUT2D eigenvalue weighted by Crippen LogP contribution is 2.26. The van der Waals surface area contributed by atoms with Crippen LogP contribution in [-0.2, 0) is 0 Å². The fourth-order valence-electron chi connectivity index (χ4n) is 1.84. The molecule has 5 heteroatoms. The quantitative estimate of drug-likeness (QED) is 0.708. The van der Waals surface area contributed by atoms with E-state index in [0.717, 1.165) is 21.4 Å². The maximum Gasteiger partial charge on any atom is 0.234 e. The molecule has 0 saturated heterocycles. The van der Waals surface area contributed by atoms with E-state index in [-0.39, 0.29) is 0 Å². The molecule has 0 bridgehead atoms. The van der Waals surface area contributed by atoms with Gasteiger partial charge in [-0.3, -0.25) is 0 Å². The lowest BCUT2D eigenvalue weighted by atomic mass is 10.0. The molecule has 2 aromatic heterocycles. The van der Waals surface area contributed by atoms with Crippen LogP contribution in [0.15, 0.2) is 24.3 Å². The van der Waals surface area contributed by atoms with Crippen molar-refractivity contribution >= 4 is 16.3 Å². The van der Waals surface area contributed by atoms with Crippen LogP contribution >= 0.6 is 11.3 Å². The Bertz CT molecular complexity index is 679. The Hall–Kier alpha value is -1.75. The summed E-state index contributed by atoms with van der Waals surface area (Å²) in [5.74, 6) is 1.38. The highest BCUT2D eigenvalue weighted by atomic mass is 32.1. The molecule has 0 aliphatic carbocycles. The van der Waals surface area contributed by atoms with Gasteiger partial charge in [0.15, 0.2) is 5.82 Å². The van der Waals surface area contributed by atoms with Gasteiger partial charge in [-0.15, -0.1) is 10.2 Å². The fourth-order valence-corrected chi connectivity index (χ4v) is 2.73. The van der Waals surface area contributed by atoms with Crippen LogP contribution in [0.5, 0.6) is 0 Å². The normalized spacial score (nSPS) is 11.6. The first-order valence-electron chi connectivity index (χ1n) is 5.94. The molecule has 3 rings (SSSR count). The zero-order chi connectivity index (χ0) is 12.7. The Labute approximate surface area is 109 Å². The Kier molecular flexibility index (Phi) is 2.63. The van der Waals surface area contributed by atoms with Gasteiger partial charge >= 0.3 is 0 Å². The van der Waals surface area contributed by atoms with Crippen molar-refractivity contribution in [3.63, 3.8) is 0 Å². The van der Waals surface area contributed by atoms with Gasteiger partial charge in [0.05, 0.1) is 0 Å². The lowest BCUT2D eigenvalue weighted by molar-refractivity contribution is 0.866. The summed E-state index contributed by atoms with van der Waals surface area (Å²) in [5.41, 5.74) is 2.48. The first kappa shape index (κ1) is 11.3. The summed E-state index contributed by atoms with van der Waals surface area (Å²) in [6, 6.07) is 8.57. The Balaban J connectivity index is 2.03. The van der Waals surface area contributed by atoms with Crippen LogP contribution in [-0.4, -0.2) is 19.8 Å². The number of hydrogen-bond donors (Lipinski definition) is 0. The van der Waals surface area contributed by atoms with Crippen molar-refractivity contribution in [2.24, 2.45) is 0 Å². The van der Waals surface area contributed by atoms with E-state index >= 15 is 0 Å². The standard InChI is InChI=1S/C13H14N4S/c1-8(2)10-4-6-11(7-5-10)12-16-17-9(3)14-15-13(17)18-12/h4-8H,1-3H3. The van der Waals surface area contributed by atoms with Gasteiger partial charge in [0, 0.05) is 5.56 Å². The summed E-state index contributed by atoms with van der Waals surface area (Å²) < 4.78 is 1.79. The van der Waals surface area contributed by atoms with Crippen LogP contribution in [0.25, 0.3) is 15.5 Å². The molecule has 0 atom stereocenters. The molecule has 0 aliphatic heterocycles. The lowest BCUT2D eigenvalue weighted by Crippen LogP contribution is -1.89. The third-order valence-electron chi connectivity index (χ3n) is 2.97. The molecule has 18 heavy (non-hydrogen) atoms. The van der Waals surface area contributed by atoms with Gasteiger partial charge < -0.3 is 0 Å². The van der Waals surface area contributed by atoms with Crippen LogP contribution < -0.4 is 0 Å². The van der Waals surface area contributed by atoms with Crippen LogP contribution in [0.1, 0.15) is 31.2 Å². The molecular weight excluding hydrogens is 244 g/mol. The monoisotopic (exact) mass is 258 g/mol. The molecule has 0 aliphatic rings. The number of rotatable bonds is 2. The summed E-state index contributed by atoms with van der Waals surface area (Å²) in [7, 11) is 0. The largest absolute Gasteiger partial charge is 0.234 e. The third kappa shape index (κ3) is 1.80. The fraction of sp³-hybridized carbons (Fsp3) is 0.308. The van der Waals surface area contributed by atoms with Crippen molar-refractivity contribution in [1.29, 1.82) is 0 Å². The van der Waals surface area contributed by atoms with Gasteiger partial charge in [0.25, 0.3) is 0 Å². The summed E-state index contributed by atoms with van der Waals surface area (Å²) in [6.07, 6.45) is 0. The van der Waals surface area contributed by atoms with E-state index in [1.54, 1.807) is 15.9 Å². The van der Waals surface area contributed by atoms with Gasteiger partial charge in [-0.1, -0.05) is 49.4 Å². The molecule has 0 radical (unpaired) electrons. The van der Waals surface area contributed by atoms with Crippen molar-refractivity contribution in [2.45, 2.75) is 26.7 Å². The summed E-state index contributed by atoms with van der Waals surface area (Å²) >= 11 is 1.56. The van der Waals surface area contributed by atoms with Crippen LogP contribution in [0.4, 0.5) is 0 Å². The summed E-state index contributed by atoms with van der Waals surface area (Å²) in [4.78, 5) is 0.843. The van der Waals surface area contributed by atoms with Crippen molar-refractivity contribution in [3.8, 4) is 10.6 Å². The molecule has 92 valence electrons. The molecule has 0 fully saturated rings. The van der Waals surface area contributed by atoms with E-state index in [2.05, 4.69) is 53.4 Å². The zero-order valence-electron chi connectivity index (χ0n) is 10.6. The Morgan fingerprint density at radius 1 is 1.11 bits per heavy atom. The highest BCUT2D eigenvalue weighted by Gasteiger charge is 2.10. The average molecular weight is 258 g/mol. The van der Waals surface area contributed by atoms with Crippen LogP contribution in [0.3, 0.4) is 0 Å². The minimum Gasteiger partial charge on any atom is -0.187 e. The van der Waals surface area contributed by atoms with Gasteiger partial charge in [-0.2, -0.15) is 9.61 Å². The van der Waals surface area contributed by atoms with Gasteiger partial charge in [-0.05, 0) is 18.4 Å². The number of benzene rings is 1. The minimum atomic E-state index is 0.555. The first-order valence-corrected chi connectivity index (χ1v) is 6.76. The van der Waals surface area contributed by atoms with Crippen molar-refractivity contribution in [1.82, 2.24) is 19.8 Å². The minimum absolute atomic E-state index is 0.555. The van der Waals surface area contributed by atoms with Gasteiger partial charge in [0.1, 0.15) is 5.01 Å². The van der Waals surface area contributed by atoms with E-state index in [0.29, 0.717) is 5.92 Å². The molecule has 0 spiro atoms. The molecule has 4 nitrogen and oxygen atoms in total. The maximum absolute atomic E-state index is 4.53. The molecule has 2 heterocycles. The maximum atomic E-state index is 4.53. The number of aryl methyl sites for hydroxylation is 1. The molecule has 0 saturated carbocycles. The second-order valence-electron chi connectivity index (χ2n) is 4.63. The van der Waals surface area contributed by atoms with Crippen molar-refractivity contribution in [3.05, 3.63) is 35.7 Å². The van der Waals surface area contributed by atoms with Gasteiger partial charge in [-0.25, -0.2) is 0 Å². The number of hydrogen-bond acceptors (Lipinski definition) is 4. The smallest absolute Gasteiger partial charge is 0.187 e. The number of aromatic nitrogens is 4. The number of nitrogens with zero attached hydrogens (tertiary/aromatic N) is 4. The van der Waals surface area contributed by atoms with E-state index in [1.807, 2.05) is 6.92 Å². The molecule has 0 amide bonds. The second-order valence-corrected chi connectivity index (χ2v) is 5.58. The summed E-state index contributed by atoms with van der Waals surface area (Å²) in [5, 5.41) is 13.6. The molecule has 1 aromatic carbocycles. The lowest BCUT2D eigenvalue weighted by Gasteiger charge is -2.04. The predicted octanol–water partition coefficient (Wildman–Crippen LogP) is 3.28. The topological polar surface area (TPSA) is 43.1 Å². The Morgan fingerprint density at radius 2 is 1.83 bits per heavy atom. The first-order chi connectivity index (χ1) is 8.65. The van der Waals surface area contributed by atoms with Crippen molar-refractivity contribution in [2.75, 3.05) is 0 Å². The predicted molar refractivity (Wildman–Crippen MR) is 72.9 cm³/mol. The SMILES string of the molecule is Cc1nnc2sc(-c3ccc(C(C)C)cc3)nn12. The molecular formula is C13H14N4S. The average Bonchev–Trinajstić information content (AvgIpc) is 2.92.